The Bertz CT molecular complexity index is 1000. The number of rotatable bonds is 4. The molecule has 0 spiro atoms. The molecule has 0 atom stereocenters. The lowest BCUT2D eigenvalue weighted by molar-refractivity contribution is 0.0746. The number of benzene rings is 1. The second-order valence-electron chi connectivity index (χ2n) is 6.91. The van der Waals surface area contributed by atoms with Gasteiger partial charge in [-0.05, 0) is 55.0 Å². The molecule has 8 heteroatoms. The minimum absolute atomic E-state index is 0.152. The first-order valence-corrected chi connectivity index (χ1v) is 9.42. The van der Waals surface area contributed by atoms with Gasteiger partial charge >= 0.3 is 0 Å². The lowest BCUT2D eigenvalue weighted by atomic mass is 10.1. The Balaban J connectivity index is 1.35. The van der Waals surface area contributed by atoms with Crippen LogP contribution in [-0.4, -0.2) is 52.2 Å². The Morgan fingerprint density at radius 1 is 1.00 bits per heavy atom. The topological polar surface area (TPSA) is 74.2 Å². The van der Waals surface area contributed by atoms with E-state index >= 15 is 0 Å². The summed E-state index contributed by atoms with van der Waals surface area (Å²) in [6.07, 6.45) is 1.74. The van der Waals surface area contributed by atoms with Gasteiger partial charge < -0.3 is 15.1 Å². The Morgan fingerprint density at radius 3 is 2.52 bits per heavy atom. The van der Waals surface area contributed by atoms with Crippen LogP contribution in [0.3, 0.4) is 0 Å². The fraction of sp³-hybridized carbons (Fsp3) is 0.238. The number of piperazine rings is 1. The van der Waals surface area contributed by atoms with Crippen molar-refractivity contribution in [1.82, 2.24) is 20.1 Å². The molecular weight excluding hydrogens is 371 g/mol. The number of hydrogen-bond donors (Lipinski definition) is 1. The third-order valence-corrected chi connectivity index (χ3v) is 4.78. The number of hydrogen-bond acceptors (Lipinski definition) is 6. The van der Waals surface area contributed by atoms with Crippen molar-refractivity contribution < 1.29 is 9.18 Å². The SMILES string of the molecule is Cc1ccnc(Nc2ccc(N3CCN(C(=O)c4cccc(F)c4)CC3)nn2)c1. The van der Waals surface area contributed by atoms with Gasteiger partial charge in [-0.1, -0.05) is 6.07 Å². The van der Waals surface area contributed by atoms with Crippen LogP contribution < -0.4 is 10.2 Å². The summed E-state index contributed by atoms with van der Waals surface area (Å²) in [6, 6.07) is 13.4. The summed E-state index contributed by atoms with van der Waals surface area (Å²) in [7, 11) is 0. The van der Waals surface area contributed by atoms with Crippen LogP contribution in [-0.2, 0) is 0 Å². The smallest absolute Gasteiger partial charge is 0.254 e. The van der Waals surface area contributed by atoms with Crippen molar-refractivity contribution in [2.75, 3.05) is 36.4 Å². The molecule has 3 aromatic rings. The quantitative estimate of drug-likeness (QED) is 0.736. The number of halogens is 1. The number of pyridine rings is 1. The zero-order valence-corrected chi connectivity index (χ0v) is 16.0. The zero-order chi connectivity index (χ0) is 20.2. The van der Waals surface area contributed by atoms with E-state index in [1.165, 1.54) is 12.1 Å². The standard InChI is InChI=1S/C21H21FN6O/c1-15-7-8-23-19(13-15)24-18-5-6-20(26-25-18)27-9-11-28(12-10-27)21(29)16-3-2-4-17(22)14-16/h2-8,13-14H,9-12H2,1H3,(H,23,24,25). The van der Waals surface area contributed by atoms with Crippen molar-refractivity contribution in [2.45, 2.75) is 6.92 Å². The largest absolute Gasteiger partial charge is 0.352 e. The maximum absolute atomic E-state index is 13.4. The summed E-state index contributed by atoms with van der Waals surface area (Å²) in [4.78, 5) is 20.6. The molecule has 3 heterocycles. The van der Waals surface area contributed by atoms with E-state index in [1.807, 2.05) is 31.2 Å². The summed E-state index contributed by atoms with van der Waals surface area (Å²) in [5, 5.41) is 11.7. The molecule has 0 saturated carbocycles. The van der Waals surface area contributed by atoms with E-state index in [2.05, 4.69) is 25.4 Å². The van der Waals surface area contributed by atoms with E-state index < -0.39 is 5.82 Å². The number of aromatic nitrogens is 3. The van der Waals surface area contributed by atoms with Gasteiger partial charge in [0.05, 0.1) is 0 Å². The highest BCUT2D eigenvalue weighted by molar-refractivity contribution is 5.94. The second kappa shape index (κ2) is 8.22. The summed E-state index contributed by atoms with van der Waals surface area (Å²) in [5.41, 5.74) is 1.48. The molecule has 4 rings (SSSR count). The summed E-state index contributed by atoms with van der Waals surface area (Å²) in [6.45, 7) is 4.37. The lowest BCUT2D eigenvalue weighted by Crippen LogP contribution is -2.49. The molecule has 0 radical (unpaired) electrons. The number of carbonyl (C=O) groups is 1. The molecule has 148 valence electrons. The molecule has 1 fully saturated rings. The van der Waals surface area contributed by atoms with Crippen LogP contribution in [0.4, 0.5) is 21.8 Å². The van der Waals surface area contributed by atoms with E-state index in [-0.39, 0.29) is 5.91 Å². The number of nitrogens with zero attached hydrogens (tertiary/aromatic N) is 5. The van der Waals surface area contributed by atoms with Crippen molar-refractivity contribution in [3.05, 3.63) is 71.7 Å². The van der Waals surface area contributed by atoms with Crippen LogP contribution in [0.25, 0.3) is 0 Å². The van der Waals surface area contributed by atoms with Crippen LogP contribution in [0.5, 0.6) is 0 Å². The minimum Gasteiger partial charge on any atom is -0.352 e. The summed E-state index contributed by atoms with van der Waals surface area (Å²) >= 11 is 0. The minimum atomic E-state index is -0.403. The van der Waals surface area contributed by atoms with Crippen molar-refractivity contribution >= 4 is 23.4 Å². The van der Waals surface area contributed by atoms with Gasteiger partial charge in [0.25, 0.3) is 5.91 Å². The van der Waals surface area contributed by atoms with Gasteiger partial charge in [-0.15, -0.1) is 10.2 Å². The normalized spacial score (nSPS) is 14.0. The average molecular weight is 392 g/mol. The Hall–Kier alpha value is -3.55. The Kier molecular flexibility index (Phi) is 5.33. The number of carbonyl (C=O) groups excluding carboxylic acids is 1. The van der Waals surface area contributed by atoms with Crippen molar-refractivity contribution in [3.63, 3.8) is 0 Å². The first kappa shape index (κ1) is 18.8. The van der Waals surface area contributed by atoms with E-state index in [0.29, 0.717) is 37.6 Å². The van der Waals surface area contributed by atoms with Gasteiger partial charge in [-0.2, -0.15) is 0 Å². The van der Waals surface area contributed by atoms with Crippen molar-refractivity contribution in [1.29, 1.82) is 0 Å². The van der Waals surface area contributed by atoms with E-state index in [0.717, 1.165) is 17.2 Å². The fourth-order valence-electron chi connectivity index (χ4n) is 3.24. The van der Waals surface area contributed by atoms with Crippen molar-refractivity contribution in [2.24, 2.45) is 0 Å². The predicted molar refractivity (Wildman–Crippen MR) is 109 cm³/mol. The molecule has 29 heavy (non-hydrogen) atoms. The summed E-state index contributed by atoms with van der Waals surface area (Å²) in [5.74, 6) is 1.54. The average Bonchev–Trinajstić information content (AvgIpc) is 2.74. The first-order valence-electron chi connectivity index (χ1n) is 9.42. The molecule has 1 aliphatic rings. The fourth-order valence-corrected chi connectivity index (χ4v) is 3.24. The van der Waals surface area contributed by atoms with Gasteiger partial charge in [0.2, 0.25) is 0 Å². The first-order chi connectivity index (χ1) is 14.1. The lowest BCUT2D eigenvalue weighted by Gasteiger charge is -2.35. The van der Waals surface area contributed by atoms with Crippen LogP contribution in [0.15, 0.2) is 54.7 Å². The molecule has 1 aromatic carbocycles. The van der Waals surface area contributed by atoms with Crippen LogP contribution in [0.1, 0.15) is 15.9 Å². The number of anilines is 3. The molecule has 0 aliphatic carbocycles. The van der Waals surface area contributed by atoms with Gasteiger partial charge in [0.15, 0.2) is 11.6 Å². The van der Waals surface area contributed by atoms with Crippen molar-refractivity contribution in [3.8, 4) is 0 Å². The third-order valence-electron chi connectivity index (χ3n) is 4.78. The summed E-state index contributed by atoms with van der Waals surface area (Å²) < 4.78 is 13.4. The zero-order valence-electron chi connectivity index (χ0n) is 16.0. The molecular formula is C21H21FN6O. The van der Waals surface area contributed by atoms with Crippen LogP contribution in [0, 0.1) is 12.7 Å². The van der Waals surface area contributed by atoms with Crippen LogP contribution in [0.2, 0.25) is 0 Å². The van der Waals surface area contributed by atoms with Gasteiger partial charge in [-0.3, -0.25) is 4.79 Å². The predicted octanol–water partition coefficient (Wildman–Crippen LogP) is 3.03. The number of amides is 1. The Labute approximate surface area is 168 Å². The highest BCUT2D eigenvalue weighted by Crippen LogP contribution is 2.18. The van der Waals surface area contributed by atoms with E-state index in [9.17, 15) is 9.18 Å². The molecule has 1 saturated heterocycles. The van der Waals surface area contributed by atoms with E-state index in [1.54, 1.807) is 23.2 Å². The van der Waals surface area contributed by atoms with Gasteiger partial charge in [-0.25, -0.2) is 9.37 Å². The number of nitrogens with one attached hydrogen (secondary N) is 1. The van der Waals surface area contributed by atoms with Gasteiger partial charge in [0, 0.05) is 37.9 Å². The molecule has 1 aliphatic heterocycles. The maximum Gasteiger partial charge on any atom is 0.254 e. The van der Waals surface area contributed by atoms with Gasteiger partial charge in [0.1, 0.15) is 11.6 Å². The molecule has 7 nitrogen and oxygen atoms in total. The molecule has 2 aromatic heterocycles. The molecule has 1 amide bonds. The molecule has 0 bridgehead atoms. The monoisotopic (exact) mass is 392 g/mol. The van der Waals surface area contributed by atoms with E-state index in [4.69, 9.17) is 0 Å². The highest BCUT2D eigenvalue weighted by atomic mass is 19.1. The van der Waals surface area contributed by atoms with Crippen LogP contribution >= 0.6 is 0 Å². The number of aryl methyl sites for hydroxylation is 1. The second-order valence-corrected chi connectivity index (χ2v) is 6.91. The highest BCUT2D eigenvalue weighted by Gasteiger charge is 2.23. The Morgan fingerprint density at radius 2 is 1.83 bits per heavy atom. The third kappa shape index (κ3) is 4.48. The molecule has 0 unspecified atom stereocenters. The maximum atomic E-state index is 13.4. The molecule has 1 N–H and O–H groups in total.